The molecule has 0 spiro atoms. The first-order chi connectivity index (χ1) is 14.5. The molecular weight excluding hydrogens is 402 g/mol. The summed E-state index contributed by atoms with van der Waals surface area (Å²) in [4.78, 5) is 23.3. The summed E-state index contributed by atoms with van der Waals surface area (Å²) in [5.74, 6) is 0.766. The van der Waals surface area contributed by atoms with Crippen molar-refractivity contribution in [1.29, 1.82) is 5.26 Å². The lowest BCUT2D eigenvalue weighted by Gasteiger charge is -2.22. The van der Waals surface area contributed by atoms with Crippen LogP contribution >= 0.6 is 12.2 Å². The van der Waals surface area contributed by atoms with Gasteiger partial charge in [-0.15, -0.1) is 5.10 Å². The van der Waals surface area contributed by atoms with Gasteiger partial charge in [0.05, 0.1) is 18.2 Å². The van der Waals surface area contributed by atoms with E-state index in [4.69, 9.17) is 22.2 Å². The monoisotopic (exact) mass is 419 g/mol. The average molecular weight is 419 g/mol. The van der Waals surface area contributed by atoms with E-state index < -0.39 is 11.9 Å². The van der Waals surface area contributed by atoms with Crippen LogP contribution in [-0.4, -0.2) is 50.3 Å². The standard InChI is InChI=1S/C20H17N7O2S/c1-26-18-16(6-3-7-22-18)29-11-15(20(26)30)24-19(28)17-23-12-27(25-17)10-14-5-2-4-13(8-14)9-21/h2-8,12,15H,10-11H2,1H3,(H,24,28)/t15-/m0/s1. The Bertz CT molecular complexity index is 1150. The summed E-state index contributed by atoms with van der Waals surface area (Å²) in [5, 5.41) is 16.1. The second kappa shape index (κ2) is 8.26. The third-order valence-corrected chi connectivity index (χ3v) is 5.11. The SMILES string of the molecule is CN1C(=S)[C@@H](NC(=O)c2ncn(Cc3cccc(C#N)c3)n2)COc2cccnc21. The number of carbonyl (C=O) groups is 1. The Balaban J connectivity index is 1.44. The van der Waals surface area contributed by atoms with E-state index in [0.717, 1.165) is 5.56 Å². The fourth-order valence-electron chi connectivity index (χ4n) is 3.06. The Labute approximate surface area is 177 Å². The van der Waals surface area contributed by atoms with Crippen molar-refractivity contribution in [3.8, 4) is 11.8 Å². The van der Waals surface area contributed by atoms with Gasteiger partial charge in [0.1, 0.15) is 24.0 Å². The molecule has 2 aromatic heterocycles. The second-order valence-corrected chi connectivity index (χ2v) is 7.06. The van der Waals surface area contributed by atoms with Crippen molar-refractivity contribution in [1.82, 2.24) is 25.1 Å². The van der Waals surface area contributed by atoms with E-state index >= 15 is 0 Å². The molecule has 150 valence electrons. The number of pyridine rings is 1. The molecule has 4 rings (SSSR count). The highest BCUT2D eigenvalue weighted by Gasteiger charge is 2.29. The number of hydrogen-bond donors (Lipinski definition) is 1. The third kappa shape index (κ3) is 3.97. The lowest BCUT2D eigenvalue weighted by atomic mass is 10.1. The lowest BCUT2D eigenvalue weighted by Crippen LogP contribution is -2.48. The molecule has 0 saturated heterocycles. The number of amides is 1. The number of likely N-dealkylation sites (N-methyl/N-ethyl adjacent to an activating group) is 1. The van der Waals surface area contributed by atoms with Gasteiger partial charge in [0.15, 0.2) is 11.6 Å². The van der Waals surface area contributed by atoms with E-state index in [0.29, 0.717) is 28.7 Å². The maximum Gasteiger partial charge on any atom is 0.291 e. The van der Waals surface area contributed by atoms with Gasteiger partial charge in [-0.1, -0.05) is 24.4 Å². The van der Waals surface area contributed by atoms with Crippen molar-refractivity contribution in [2.75, 3.05) is 18.6 Å². The van der Waals surface area contributed by atoms with Crippen LogP contribution in [0.15, 0.2) is 48.9 Å². The summed E-state index contributed by atoms with van der Waals surface area (Å²) in [6.07, 6.45) is 3.13. The zero-order valence-electron chi connectivity index (χ0n) is 16.0. The van der Waals surface area contributed by atoms with Crippen molar-refractivity contribution in [3.63, 3.8) is 0 Å². The Morgan fingerprint density at radius 1 is 1.37 bits per heavy atom. The number of fused-ring (bicyclic) bond motifs is 1. The Hall–Kier alpha value is -3.84. The van der Waals surface area contributed by atoms with E-state index in [2.05, 4.69) is 26.5 Å². The molecule has 30 heavy (non-hydrogen) atoms. The van der Waals surface area contributed by atoms with Crippen LogP contribution < -0.4 is 15.0 Å². The number of thiocarbonyl (C=S) groups is 1. The smallest absolute Gasteiger partial charge is 0.291 e. The molecule has 3 heterocycles. The zero-order chi connectivity index (χ0) is 21.1. The van der Waals surface area contributed by atoms with Gasteiger partial charge >= 0.3 is 0 Å². The van der Waals surface area contributed by atoms with Crippen molar-refractivity contribution in [3.05, 3.63) is 65.9 Å². The van der Waals surface area contributed by atoms with Gasteiger partial charge in [-0.25, -0.2) is 14.6 Å². The van der Waals surface area contributed by atoms with Crippen LogP contribution in [0.5, 0.6) is 5.75 Å². The summed E-state index contributed by atoms with van der Waals surface area (Å²) in [6.45, 7) is 0.569. The first kappa shape index (κ1) is 19.5. The first-order valence-corrected chi connectivity index (χ1v) is 9.50. The topological polar surface area (TPSA) is 109 Å². The molecule has 9 nitrogen and oxygen atoms in total. The van der Waals surface area contributed by atoms with E-state index in [-0.39, 0.29) is 12.4 Å². The molecule has 0 aliphatic carbocycles. The number of rotatable bonds is 4. The normalized spacial score (nSPS) is 15.5. The van der Waals surface area contributed by atoms with Gasteiger partial charge in [-0.3, -0.25) is 4.79 Å². The summed E-state index contributed by atoms with van der Waals surface area (Å²) in [6, 6.07) is 12.3. The highest BCUT2D eigenvalue weighted by atomic mass is 32.1. The number of ether oxygens (including phenoxy) is 1. The minimum Gasteiger partial charge on any atom is -0.487 e. The molecule has 0 fully saturated rings. The van der Waals surface area contributed by atoms with Gasteiger partial charge in [0.25, 0.3) is 5.91 Å². The van der Waals surface area contributed by atoms with Crippen LogP contribution in [0.1, 0.15) is 21.7 Å². The van der Waals surface area contributed by atoms with Crippen LogP contribution in [0.4, 0.5) is 5.82 Å². The van der Waals surface area contributed by atoms with Crippen molar-refractivity contribution < 1.29 is 9.53 Å². The zero-order valence-corrected chi connectivity index (χ0v) is 16.8. The minimum absolute atomic E-state index is 0.0248. The molecule has 1 aliphatic heterocycles. The van der Waals surface area contributed by atoms with Crippen molar-refractivity contribution >= 4 is 28.9 Å². The molecule has 1 amide bonds. The molecule has 3 aromatic rings. The van der Waals surface area contributed by atoms with Gasteiger partial charge in [0.2, 0.25) is 5.82 Å². The molecule has 1 aliphatic rings. The molecular formula is C20H17N7O2S. The molecule has 0 saturated carbocycles. The van der Waals surface area contributed by atoms with Gasteiger partial charge in [-0.05, 0) is 29.8 Å². The number of nitrogens with zero attached hydrogens (tertiary/aromatic N) is 6. The van der Waals surface area contributed by atoms with Crippen LogP contribution in [0.3, 0.4) is 0 Å². The fourth-order valence-corrected chi connectivity index (χ4v) is 3.27. The number of nitrogens with one attached hydrogen (secondary N) is 1. The van der Waals surface area contributed by atoms with E-state index in [1.165, 1.54) is 6.33 Å². The lowest BCUT2D eigenvalue weighted by molar-refractivity contribution is 0.0927. The Morgan fingerprint density at radius 2 is 2.23 bits per heavy atom. The predicted molar refractivity (Wildman–Crippen MR) is 112 cm³/mol. The van der Waals surface area contributed by atoms with E-state index in [9.17, 15) is 4.79 Å². The number of nitriles is 1. The number of aromatic nitrogens is 4. The number of anilines is 1. The molecule has 1 atom stereocenters. The maximum atomic E-state index is 12.7. The molecule has 0 bridgehead atoms. The first-order valence-electron chi connectivity index (χ1n) is 9.10. The molecule has 0 radical (unpaired) electrons. The predicted octanol–water partition coefficient (Wildman–Crippen LogP) is 1.55. The largest absolute Gasteiger partial charge is 0.487 e. The summed E-state index contributed by atoms with van der Waals surface area (Å²) in [5.41, 5.74) is 1.45. The van der Waals surface area contributed by atoms with Crippen molar-refractivity contribution in [2.24, 2.45) is 0 Å². The number of benzene rings is 1. The van der Waals surface area contributed by atoms with Crippen LogP contribution in [0.25, 0.3) is 0 Å². The quantitative estimate of drug-likeness (QED) is 0.635. The van der Waals surface area contributed by atoms with Gasteiger partial charge in [0, 0.05) is 13.2 Å². The van der Waals surface area contributed by atoms with Crippen LogP contribution in [0.2, 0.25) is 0 Å². The van der Waals surface area contributed by atoms with Gasteiger partial charge in [-0.2, -0.15) is 5.26 Å². The fraction of sp³-hybridized carbons (Fsp3) is 0.200. The third-order valence-electron chi connectivity index (χ3n) is 4.55. The average Bonchev–Trinajstić information content (AvgIpc) is 3.20. The molecule has 1 N–H and O–H groups in total. The number of carbonyl (C=O) groups excluding carboxylic acids is 1. The highest BCUT2D eigenvalue weighted by Crippen LogP contribution is 2.27. The Morgan fingerprint density at radius 3 is 3.07 bits per heavy atom. The molecule has 10 heteroatoms. The minimum atomic E-state index is -0.536. The van der Waals surface area contributed by atoms with E-state index in [1.807, 2.05) is 6.07 Å². The molecule has 0 unspecified atom stereocenters. The van der Waals surface area contributed by atoms with Crippen molar-refractivity contribution in [2.45, 2.75) is 12.6 Å². The van der Waals surface area contributed by atoms with Gasteiger partial charge < -0.3 is 15.0 Å². The Kier molecular flexibility index (Phi) is 5.36. The summed E-state index contributed by atoms with van der Waals surface area (Å²) >= 11 is 5.52. The highest BCUT2D eigenvalue weighted by molar-refractivity contribution is 7.80. The maximum absolute atomic E-state index is 12.7. The van der Waals surface area contributed by atoms with E-state index in [1.54, 1.807) is 53.2 Å². The number of hydrogen-bond acceptors (Lipinski definition) is 7. The second-order valence-electron chi connectivity index (χ2n) is 6.64. The van der Waals surface area contributed by atoms with Crippen LogP contribution in [0, 0.1) is 11.3 Å². The van der Waals surface area contributed by atoms with Crippen LogP contribution in [-0.2, 0) is 6.54 Å². The summed E-state index contributed by atoms with van der Waals surface area (Å²) < 4.78 is 7.31. The molecule has 1 aromatic carbocycles. The summed E-state index contributed by atoms with van der Waals surface area (Å²) in [7, 11) is 1.78.